The van der Waals surface area contributed by atoms with Crippen LogP contribution in [0.4, 0.5) is 0 Å². The summed E-state index contributed by atoms with van der Waals surface area (Å²) in [4.78, 5) is 16.3. The van der Waals surface area contributed by atoms with E-state index in [1.807, 2.05) is 66.9 Å². The first-order chi connectivity index (χ1) is 13.1. The van der Waals surface area contributed by atoms with Crippen LogP contribution in [0.15, 0.2) is 63.0 Å². The van der Waals surface area contributed by atoms with E-state index in [0.717, 1.165) is 28.1 Å². The number of aromatic nitrogens is 2. The van der Waals surface area contributed by atoms with Crippen LogP contribution in [0.3, 0.4) is 0 Å². The molecule has 0 aliphatic carbocycles. The first kappa shape index (κ1) is 19.4. The van der Waals surface area contributed by atoms with Crippen LogP contribution in [0.25, 0.3) is 11.1 Å². The van der Waals surface area contributed by atoms with E-state index in [1.165, 1.54) is 11.8 Å². The topological polar surface area (TPSA) is 58.7 Å². The SMILES string of the molecule is CCSc1nc(=O)c(Br)c(C)n1Cc1cccc(-c2ccccc2)c1C#N. The Morgan fingerprint density at radius 1 is 1.19 bits per heavy atom. The Kier molecular flexibility index (Phi) is 6.15. The predicted molar refractivity (Wildman–Crippen MR) is 113 cm³/mol. The minimum atomic E-state index is -0.266. The fourth-order valence-electron chi connectivity index (χ4n) is 2.93. The summed E-state index contributed by atoms with van der Waals surface area (Å²) in [5.74, 6) is 0.808. The van der Waals surface area contributed by atoms with Crippen LogP contribution in [-0.2, 0) is 6.54 Å². The summed E-state index contributed by atoms with van der Waals surface area (Å²) in [5, 5.41) is 10.5. The normalized spacial score (nSPS) is 10.6. The minimum Gasteiger partial charge on any atom is -0.319 e. The van der Waals surface area contributed by atoms with Gasteiger partial charge in [-0.1, -0.05) is 67.2 Å². The quantitative estimate of drug-likeness (QED) is 0.413. The van der Waals surface area contributed by atoms with E-state index in [9.17, 15) is 10.1 Å². The second-order valence-corrected chi connectivity index (χ2v) is 7.96. The van der Waals surface area contributed by atoms with E-state index in [2.05, 4.69) is 27.0 Å². The number of hydrogen-bond acceptors (Lipinski definition) is 4. The molecule has 0 N–H and O–H groups in total. The minimum absolute atomic E-state index is 0.266. The summed E-state index contributed by atoms with van der Waals surface area (Å²) in [6.07, 6.45) is 0. The van der Waals surface area contributed by atoms with Crippen molar-refractivity contribution < 1.29 is 0 Å². The summed E-state index contributed by atoms with van der Waals surface area (Å²) in [7, 11) is 0. The van der Waals surface area contributed by atoms with Crippen molar-refractivity contribution in [3.8, 4) is 17.2 Å². The smallest absolute Gasteiger partial charge is 0.288 e. The van der Waals surface area contributed by atoms with Crippen molar-refractivity contribution in [2.45, 2.75) is 25.5 Å². The van der Waals surface area contributed by atoms with Gasteiger partial charge in [0, 0.05) is 5.69 Å². The molecule has 136 valence electrons. The lowest BCUT2D eigenvalue weighted by Crippen LogP contribution is -2.20. The number of nitrogens with zero attached hydrogens (tertiary/aromatic N) is 3. The maximum Gasteiger partial charge on any atom is 0.288 e. The lowest BCUT2D eigenvalue weighted by molar-refractivity contribution is 0.634. The molecule has 0 aliphatic heterocycles. The molecule has 0 amide bonds. The fraction of sp³-hybridized carbons (Fsp3) is 0.190. The van der Waals surface area contributed by atoms with E-state index >= 15 is 0 Å². The third kappa shape index (κ3) is 4.00. The molecule has 3 aromatic rings. The van der Waals surface area contributed by atoms with Crippen LogP contribution in [-0.4, -0.2) is 15.3 Å². The fourth-order valence-corrected chi connectivity index (χ4v) is 4.00. The van der Waals surface area contributed by atoms with Gasteiger partial charge in [-0.15, -0.1) is 0 Å². The second-order valence-electron chi connectivity index (χ2n) is 5.94. The van der Waals surface area contributed by atoms with Crippen molar-refractivity contribution in [3.05, 3.63) is 80.2 Å². The molecule has 0 radical (unpaired) electrons. The molecule has 1 aromatic heterocycles. The zero-order valence-electron chi connectivity index (χ0n) is 15.1. The molecule has 0 saturated carbocycles. The Hall–Kier alpha value is -2.36. The molecule has 0 aliphatic rings. The molecule has 0 saturated heterocycles. The third-order valence-electron chi connectivity index (χ3n) is 4.29. The molecule has 0 atom stereocenters. The molecule has 0 unspecified atom stereocenters. The number of nitriles is 1. The highest BCUT2D eigenvalue weighted by Crippen LogP contribution is 2.28. The molecule has 1 heterocycles. The van der Waals surface area contributed by atoms with E-state index < -0.39 is 0 Å². The lowest BCUT2D eigenvalue weighted by Gasteiger charge is -2.18. The monoisotopic (exact) mass is 439 g/mol. The summed E-state index contributed by atoms with van der Waals surface area (Å²) >= 11 is 4.87. The van der Waals surface area contributed by atoms with E-state index in [0.29, 0.717) is 21.7 Å². The van der Waals surface area contributed by atoms with Crippen molar-refractivity contribution in [1.82, 2.24) is 9.55 Å². The van der Waals surface area contributed by atoms with Crippen LogP contribution >= 0.6 is 27.7 Å². The first-order valence-corrected chi connectivity index (χ1v) is 10.3. The Bertz CT molecular complexity index is 1070. The van der Waals surface area contributed by atoms with Crippen LogP contribution in [0.2, 0.25) is 0 Å². The summed E-state index contributed by atoms with van der Waals surface area (Å²) in [6, 6.07) is 18.1. The Morgan fingerprint density at radius 2 is 1.93 bits per heavy atom. The van der Waals surface area contributed by atoms with Gasteiger partial charge in [-0.25, -0.2) is 0 Å². The van der Waals surface area contributed by atoms with Crippen LogP contribution < -0.4 is 5.56 Å². The van der Waals surface area contributed by atoms with Gasteiger partial charge in [0.05, 0.1) is 12.1 Å². The van der Waals surface area contributed by atoms with Gasteiger partial charge in [0.15, 0.2) is 5.16 Å². The van der Waals surface area contributed by atoms with Gasteiger partial charge in [-0.3, -0.25) is 4.79 Å². The highest BCUT2D eigenvalue weighted by atomic mass is 79.9. The van der Waals surface area contributed by atoms with Crippen molar-refractivity contribution in [1.29, 1.82) is 5.26 Å². The maximum atomic E-state index is 12.1. The first-order valence-electron chi connectivity index (χ1n) is 8.54. The zero-order valence-corrected chi connectivity index (χ0v) is 17.5. The van der Waals surface area contributed by atoms with Gasteiger partial charge >= 0.3 is 0 Å². The number of rotatable bonds is 5. The molecule has 0 spiro atoms. The highest BCUT2D eigenvalue weighted by Gasteiger charge is 2.16. The molecular formula is C21H18BrN3OS. The Morgan fingerprint density at radius 3 is 2.59 bits per heavy atom. The molecule has 4 nitrogen and oxygen atoms in total. The number of benzene rings is 2. The van der Waals surface area contributed by atoms with Gasteiger partial charge in [0.2, 0.25) is 0 Å². The standard InChI is InChI=1S/C21H18BrN3OS/c1-3-27-21-24-20(26)19(22)14(2)25(21)13-16-10-7-11-17(18(16)12-23)15-8-5-4-6-9-15/h4-11H,3,13H2,1-2H3. The van der Waals surface area contributed by atoms with Gasteiger partial charge < -0.3 is 4.57 Å². The van der Waals surface area contributed by atoms with Gasteiger partial charge in [-0.05, 0) is 45.3 Å². The summed E-state index contributed by atoms with van der Waals surface area (Å²) < 4.78 is 2.45. The maximum absolute atomic E-state index is 12.1. The molecule has 2 aromatic carbocycles. The second kappa shape index (κ2) is 8.55. The average molecular weight is 440 g/mol. The number of halogens is 1. The molecule has 0 fully saturated rings. The van der Waals surface area contributed by atoms with Gasteiger partial charge in [0.25, 0.3) is 5.56 Å². The molecule has 6 heteroatoms. The lowest BCUT2D eigenvalue weighted by atomic mass is 9.96. The summed E-state index contributed by atoms with van der Waals surface area (Å²) in [6.45, 7) is 4.39. The van der Waals surface area contributed by atoms with Crippen molar-refractivity contribution in [2.75, 3.05) is 5.75 Å². The number of thioether (sulfide) groups is 1. The Labute approximate surface area is 171 Å². The molecular weight excluding hydrogens is 422 g/mol. The van der Waals surface area contributed by atoms with Crippen LogP contribution in [0.5, 0.6) is 0 Å². The molecule has 27 heavy (non-hydrogen) atoms. The molecule has 3 rings (SSSR count). The van der Waals surface area contributed by atoms with Crippen molar-refractivity contribution >= 4 is 27.7 Å². The van der Waals surface area contributed by atoms with Crippen LogP contribution in [0.1, 0.15) is 23.7 Å². The largest absolute Gasteiger partial charge is 0.319 e. The van der Waals surface area contributed by atoms with Crippen molar-refractivity contribution in [3.63, 3.8) is 0 Å². The van der Waals surface area contributed by atoms with E-state index in [1.54, 1.807) is 0 Å². The van der Waals surface area contributed by atoms with E-state index in [4.69, 9.17) is 0 Å². The third-order valence-corrected chi connectivity index (χ3v) is 6.06. The summed E-state index contributed by atoms with van der Waals surface area (Å²) in [5.41, 5.74) is 4.00. The predicted octanol–water partition coefficient (Wildman–Crippen LogP) is 5.01. The number of hydrogen-bond donors (Lipinski definition) is 0. The van der Waals surface area contributed by atoms with Gasteiger partial charge in [0.1, 0.15) is 10.5 Å². The zero-order chi connectivity index (χ0) is 19.4. The average Bonchev–Trinajstić information content (AvgIpc) is 2.70. The van der Waals surface area contributed by atoms with Gasteiger partial charge in [-0.2, -0.15) is 10.2 Å². The molecule has 0 bridgehead atoms. The van der Waals surface area contributed by atoms with Crippen molar-refractivity contribution in [2.24, 2.45) is 0 Å². The Balaban J connectivity index is 2.14. The van der Waals surface area contributed by atoms with Crippen LogP contribution in [0, 0.1) is 18.3 Å². The van der Waals surface area contributed by atoms with E-state index in [-0.39, 0.29) is 5.56 Å². The highest BCUT2D eigenvalue weighted by molar-refractivity contribution is 9.10.